The van der Waals surface area contributed by atoms with E-state index in [-0.39, 0.29) is 17.9 Å². The summed E-state index contributed by atoms with van der Waals surface area (Å²) in [7, 11) is 0. The fraction of sp³-hybridized carbons (Fsp3) is 0.467. The SMILES string of the molecule is O=C(CCN1CCSC1=O)NCCc1ccc2c(c1)OCO2. The van der Waals surface area contributed by atoms with Gasteiger partial charge in [0.25, 0.3) is 5.24 Å². The Morgan fingerprint density at radius 2 is 2.18 bits per heavy atom. The van der Waals surface area contributed by atoms with Crippen molar-refractivity contribution in [3.8, 4) is 11.5 Å². The molecule has 22 heavy (non-hydrogen) atoms. The van der Waals surface area contributed by atoms with E-state index in [1.165, 1.54) is 11.8 Å². The van der Waals surface area contributed by atoms with E-state index in [9.17, 15) is 9.59 Å². The molecule has 0 aliphatic carbocycles. The normalized spacial score (nSPS) is 16.2. The van der Waals surface area contributed by atoms with Gasteiger partial charge in [0.05, 0.1) is 0 Å². The molecule has 7 heteroatoms. The molecule has 118 valence electrons. The quantitative estimate of drug-likeness (QED) is 0.862. The average molecular weight is 322 g/mol. The summed E-state index contributed by atoms with van der Waals surface area (Å²) >= 11 is 1.32. The number of fused-ring (bicyclic) bond motifs is 1. The Kier molecular flexibility index (Phi) is 4.72. The monoisotopic (exact) mass is 322 g/mol. The zero-order chi connectivity index (χ0) is 15.4. The second-order valence-corrected chi connectivity index (χ2v) is 6.19. The molecule has 2 amide bonds. The molecule has 2 aliphatic heterocycles. The summed E-state index contributed by atoms with van der Waals surface area (Å²) in [6, 6.07) is 5.80. The molecule has 0 saturated carbocycles. The van der Waals surface area contributed by atoms with Gasteiger partial charge in [-0.15, -0.1) is 0 Å². The van der Waals surface area contributed by atoms with E-state index in [2.05, 4.69) is 5.32 Å². The Morgan fingerprint density at radius 3 is 3.00 bits per heavy atom. The number of ether oxygens (including phenoxy) is 2. The van der Waals surface area contributed by atoms with Crippen LogP contribution in [0.25, 0.3) is 0 Å². The lowest BCUT2D eigenvalue weighted by Crippen LogP contribution is -2.31. The lowest BCUT2D eigenvalue weighted by atomic mass is 10.1. The van der Waals surface area contributed by atoms with E-state index in [0.717, 1.165) is 35.8 Å². The van der Waals surface area contributed by atoms with Gasteiger partial charge in [0.2, 0.25) is 12.7 Å². The van der Waals surface area contributed by atoms with Crippen molar-refractivity contribution in [2.24, 2.45) is 0 Å². The lowest BCUT2D eigenvalue weighted by molar-refractivity contribution is -0.121. The molecule has 1 aromatic carbocycles. The Morgan fingerprint density at radius 1 is 1.32 bits per heavy atom. The number of rotatable bonds is 6. The summed E-state index contributed by atoms with van der Waals surface area (Å²) < 4.78 is 10.6. The van der Waals surface area contributed by atoms with Crippen molar-refractivity contribution in [3.05, 3.63) is 23.8 Å². The van der Waals surface area contributed by atoms with Crippen molar-refractivity contribution >= 4 is 22.9 Å². The lowest BCUT2D eigenvalue weighted by Gasteiger charge is -2.13. The maximum Gasteiger partial charge on any atom is 0.281 e. The first kappa shape index (κ1) is 15.0. The first-order valence-electron chi connectivity index (χ1n) is 7.29. The molecule has 1 N–H and O–H groups in total. The number of carbonyl (C=O) groups is 2. The molecule has 6 nitrogen and oxygen atoms in total. The smallest absolute Gasteiger partial charge is 0.281 e. The Bertz CT molecular complexity index is 579. The zero-order valence-corrected chi connectivity index (χ0v) is 13.0. The van der Waals surface area contributed by atoms with Crippen molar-refractivity contribution in [1.29, 1.82) is 0 Å². The van der Waals surface area contributed by atoms with Crippen LogP contribution in [0.1, 0.15) is 12.0 Å². The summed E-state index contributed by atoms with van der Waals surface area (Å²) in [6.07, 6.45) is 1.09. The summed E-state index contributed by atoms with van der Waals surface area (Å²) in [5.74, 6) is 2.32. The van der Waals surface area contributed by atoms with Crippen molar-refractivity contribution in [1.82, 2.24) is 10.2 Å². The number of amides is 2. The number of thioether (sulfide) groups is 1. The fourth-order valence-corrected chi connectivity index (χ4v) is 3.25. The second kappa shape index (κ2) is 6.91. The highest BCUT2D eigenvalue weighted by Crippen LogP contribution is 2.32. The summed E-state index contributed by atoms with van der Waals surface area (Å²) in [6.45, 7) is 2.08. The van der Waals surface area contributed by atoms with Gasteiger partial charge >= 0.3 is 0 Å². The molecule has 1 aromatic rings. The fourth-order valence-electron chi connectivity index (χ4n) is 2.40. The van der Waals surface area contributed by atoms with Crippen LogP contribution in [0.3, 0.4) is 0 Å². The number of nitrogens with one attached hydrogen (secondary N) is 1. The van der Waals surface area contributed by atoms with E-state index in [0.29, 0.717) is 19.5 Å². The van der Waals surface area contributed by atoms with Crippen LogP contribution in [-0.2, 0) is 11.2 Å². The van der Waals surface area contributed by atoms with Crippen LogP contribution in [0.15, 0.2) is 18.2 Å². The van der Waals surface area contributed by atoms with E-state index >= 15 is 0 Å². The summed E-state index contributed by atoms with van der Waals surface area (Å²) in [5, 5.41) is 2.96. The molecule has 0 spiro atoms. The van der Waals surface area contributed by atoms with Crippen LogP contribution in [0, 0.1) is 0 Å². The van der Waals surface area contributed by atoms with Gasteiger partial charge in [-0.05, 0) is 24.1 Å². The number of benzene rings is 1. The number of hydrogen-bond donors (Lipinski definition) is 1. The Balaban J connectivity index is 1.37. The van der Waals surface area contributed by atoms with Gasteiger partial charge in [0.15, 0.2) is 11.5 Å². The van der Waals surface area contributed by atoms with Gasteiger partial charge < -0.3 is 19.7 Å². The highest BCUT2D eigenvalue weighted by Gasteiger charge is 2.21. The minimum Gasteiger partial charge on any atom is -0.454 e. The first-order valence-corrected chi connectivity index (χ1v) is 8.28. The molecule has 1 saturated heterocycles. The second-order valence-electron chi connectivity index (χ2n) is 5.14. The molecule has 2 heterocycles. The molecule has 0 bridgehead atoms. The molecular formula is C15H18N2O4S. The predicted octanol–water partition coefficient (Wildman–Crippen LogP) is 1.63. The Labute approximate surface area is 133 Å². The van der Waals surface area contributed by atoms with Crippen LogP contribution in [0.5, 0.6) is 11.5 Å². The van der Waals surface area contributed by atoms with Gasteiger partial charge in [-0.25, -0.2) is 0 Å². The molecular weight excluding hydrogens is 304 g/mol. The van der Waals surface area contributed by atoms with E-state index in [4.69, 9.17) is 9.47 Å². The molecule has 1 fully saturated rings. The van der Waals surface area contributed by atoms with Crippen LogP contribution in [0.2, 0.25) is 0 Å². The minimum absolute atomic E-state index is 0.0227. The third-order valence-corrected chi connectivity index (χ3v) is 4.52. The standard InChI is InChI=1S/C15H18N2O4S/c18-14(4-6-17-7-8-22-15(17)19)16-5-3-11-1-2-12-13(9-11)21-10-20-12/h1-2,9H,3-8,10H2,(H,16,18). The van der Waals surface area contributed by atoms with Gasteiger partial charge in [-0.1, -0.05) is 17.8 Å². The average Bonchev–Trinajstić information content (AvgIpc) is 3.13. The van der Waals surface area contributed by atoms with Crippen LogP contribution in [-0.4, -0.2) is 48.2 Å². The van der Waals surface area contributed by atoms with Crippen molar-refractivity contribution in [3.63, 3.8) is 0 Å². The van der Waals surface area contributed by atoms with Crippen LogP contribution in [0.4, 0.5) is 4.79 Å². The van der Waals surface area contributed by atoms with E-state index < -0.39 is 0 Å². The van der Waals surface area contributed by atoms with Gasteiger partial charge in [-0.3, -0.25) is 9.59 Å². The van der Waals surface area contributed by atoms with E-state index in [1.54, 1.807) is 4.90 Å². The zero-order valence-electron chi connectivity index (χ0n) is 12.2. The molecule has 0 unspecified atom stereocenters. The Hall–Kier alpha value is -1.89. The van der Waals surface area contributed by atoms with Crippen molar-refractivity contribution in [2.75, 3.05) is 32.2 Å². The van der Waals surface area contributed by atoms with E-state index in [1.807, 2.05) is 18.2 Å². The third kappa shape index (κ3) is 3.65. The van der Waals surface area contributed by atoms with Crippen molar-refractivity contribution < 1.29 is 19.1 Å². The van der Waals surface area contributed by atoms with Crippen molar-refractivity contribution in [2.45, 2.75) is 12.8 Å². The molecule has 0 aromatic heterocycles. The number of carbonyl (C=O) groups excluding carboxylic acids is 2. The third-order valence-electron chi connectivity index (χ3n) is 3.63. The van der Waals surface area contributed by atoms with Crippen LogP contribution >= 0.6 is 11.8 Å². The largest absolute Gasteiger partial charge is 0.454 e. The minimum atomic E-state index is -0.0227. The van der Waals surface area contributed by atoms with Crippen LogP contribution < -0.4 is 14.8 Å². The number of nitrogens with zero attached hydrogens (tertiary/aromatic N) is 1. The van der Waals surface area contributed by atoms with Gasteiger partial charge in [0, 0.05) is 31.8 Å². The highest BCUT2D eigenvalue weighted by molar-refractivity contribution is 8.13. The first-order chi connectivity index (χ1) is 10.7. The molecule has 0 radical (unpaired) electrons. The topological polar surface area (TPSA) is 67.9 Å². The predicted molar refractivity (Wildman–Crippen MR) is 83.3 cm³/mol. The maximum absolute atomic E-state index is 11.8. The molecule has 3 rings (SSSR count). The van der Waals surface area contributed by atoms with Gasteiger partial charge in [0.1, 0.15) is 0 Å². The molecule has 2 aliphatic rings. The summed E-state index contributed by atoms with van der Waals surface area (Å²) in [5.41, 5.74) is 1.09. The number of hydrogen-bond acceptors (Lipinski definition) is 5. The highest BCUT2D eigenvalue weighted by atomic mass is 32.2. The maximum atomic E-state index is 11.8. The van der Waals surface area contributed by atoms with Gasteiger partial charge in [-0.2, -0.15) is 0 Å². The summed E-state index contributed by atoms with van der Waals surface area (Å²) in [4.78, 5) is 24.9. The molecule has 0 atom stereocenters.